The van der Waals surface area contributed by atoms with E-state index in [-0.39, 0.29) is 0 Å². The van der Waals surface area contributed by atoms with Crippen molar-refractivity contribution in [2.75, 3.05) is 7.11 Å². The normalized spacial score (nSPS) is 12.4. The standard InChI is InChI=1S/C15H19ClN2O2/c1-4-12-15(16)13(18(2)17-12)9-14(19)10-5-7-11(20-3)8-6-10/h5-8,14,19H,4,9H2,1-3H3. The van der Waals surface area contributed by atoms with E-state index in [1.165, 1.54) is 0 Å². The summed E-state index contributed by atoms with van der Waals surface area (Å²) in [4.78, 5) is 0. The van der Waals surface area contributed by atoms with Crippen LogP contribution in [0.1, 0.15) is 30.0 Å². The summed E-state index contributed by atoms with van der Waals surface area (Å²) in [7, 11) is 3.47. The second-order valence-corrected chi connectivity index (χ2v) is 5.06. The summed E-state index contributed by atoms with van der Waals surface area (Å²) in [5, 5.41) is 15.3. The molecule has 1 aromatic heterocycles. The average molecular weight is 295 g/mol. The molecule has 0 saturated carbocycles. The lowest BCUT2D eigenvalue weighted by Gasteiger charge is -2.12. The lowest BCUT2D eigenvalue weighted by atomic mass is 10.0. The van der Waals surface area contributed by atoms with Gasteiger partial charge in [0.05, 0.1) is 29.6 Å². The van der Waals surface area contributed by atoms with Crippen molar-refractivity contribution in [1.82, 2.24) is 9.78 Å². The molecule has 1 N–H and O–H groups in total. The van der Waals surface area contributed by atoms with Crippen LogP contribution in [0, 0.1) is 0 Å². The number of ether oxygens (including phenoxy) is 1. The molecule has 0 aliphatic heterocycles. The lowest BCUT2D eigenvalue weighted by molar-refractivity contribution is 0.175. The average Bonchev–Trinajstić information content (AvgIpc) is 2.74. The fraction of sp³-hybridized carbons (Fsp3) is 0.400. The molecule has 108 valence electrons. The number of aryl methyl sites for hydroxylation is 2. The van der Waals surface area contributed by atoms with Gasteiger partial charge in [-0.1, -0.05) is 30.7 Å². The van der Waals surface area contributed by atoms with Gasteiger partial charge < -0.3 is 9.84 Å². The molecular formula is C15H19ClN2O2. The molecule has 0 radical (unpaired) electrons. The van der Waals surface area contributed by atoms with Crippen LogP contribution in [0.5, 0.6) is 5.75 Å². The Morgan fingerprint density at radius 1 is 1.35 bits per heavy atom. The lowest BCUT2D eigenvalue weighted by Crippen LogP contribution is -2.06. The fourth-order valence-electron chi connectivity index (χ4n) is 2.17. The highest BCUT2D eigenvalue weighted by Crippen LogP contribution is 2.27. The maximum absolute atomic E-state index is 10.3. The van der Waals surface area contributed by atoms with E-state index in [2.05, 4.69) is 5.10 Å². The van der Waals surface area contributed by atoms with E-state index in [9.17, 15) is 5.11 Å². The molecular weight excluding hydrogens is 276 g/mol. The SMILES string of the molecule is CCc1nn(C)c(CC(O)c2ccc(OC)cc2)c1Cl. The Balaban J connectivity index is 2.18. The molecule has 0 saturated heterocycles. The molecule has 1 heterocycles. The highest BCUT2D eigenvalue weighted by molar-refractivity contribution is 6.31. The van der Waals surface area contributed by atoms with Gasteiger partial charge in [0.15, 0.2) is 0 Å². The Labute approximate surface area is 123 Å². The van der Waals surface area contributed by atoms with Crippen LogP contribution in [0.2, 0.25) is 5.02 Å². The van der Waals surface area contributed by atoms with Gasteiger partial charge in [0, 0.05) is 13.5 Å². The molecule has 1 unspecified atom stereocenters. The van der Waals surface area contributed by atoms with Gasteiger partial charge in [0.25, 0.3) is 0 Å². The first-order valence-electron chi connectivity index (χ1n) is 6.59. The summed E-state index contributed by atoms with van der Waals surface area (Å²) < 4.78 is 6.85. The summed E-state index contributed by atoms with van der Waals surface area (Å²) in [5.74, 6) is 0.771. The van der Waals surface area contributed by atoms with E-state index in [0.717, 1.165) is 29.1 Å². The van der Waals surface area contributed by atoms with Gasteiger partial charge in [0.2, 0.25) is 0 Å². The number of aromatic nitrogens is 2. The van der Waals surface area contributed by atoms with Crippen molar-refractivity contribution < 1.29 is 9.84 Å². The van der Waals surface area contributed by atoms with Crippen LogP contribution in [-0.4, -0.2) is 22.0 Å². The molecule has 2 rings (SSSR count). The first-order valence-corrected chi connectivity index (χ1v) is 6.96. The summed E-state index contributed by atoms with van der Waals surface area (Å²) >= 11 is 6.29. The summed E-state index contributed by atoms with van der Waals surface area (Å²) in [5.41, 5.74) is 2.55. The third kappa shape index (κ3) is 2.97. The van der Waals surface area contributed by atoms with Gasteiger partial charge in [-0.15, -0.1) is 0 Å². The number of aliphatic hydroxyl groups is 1. The largest absolute Gasteiger partial charge is 0.497 e. The molecule has 20 heavy (non-hydrogen) atoms. The first kappa shape index (κ1) is 14.9. The van der Waals surface area contributed by atoms with Crippen LogP contribution in [0.3, 0.4) is 0 Å². The van der Waals surface area contributed by atoms with Crippen LogP contribution in [0.4, 0.5) is 0 Å². The van der Waals surface area contributed by atoms with Gasteiger partial charge in [-0.3, -0.25) is 4.68 Å². The van der Waals surface area contributed by atoms with E-state index in [0.29, 0.717) is 11.4 Å². The van der Waals surface area contributed by atoms with Gasteiger partial charge in [-0.25, -0.2) is 0 Å². The van der Waals surface area contributed by atoms with E-state index < -0.39 is 6.10 Å². The highest BCUT2D eigenvalue weighted by Gasteiger charge is 2.17. The number of benzene rings is 1. The van der Waals surface area contributed by atoms with Crippen molar-refractivity contribution in [3.63, 3.8) is 0 Å². The number of aliphatic hydroxyl groups excluding tert-OH is 1. The first-order chi connectivity index (χ1) is 9.56. The maximum Gasteiger partial charge on any atom is 0.118 e. The summed E-state index contributed by atoms with van der Waals surface area (Å²) in [6.45, 7) is 2.01. The minimum Gasteiger partial charge on any atom is -0.497 e. The van der Waals surface area contributed by atoms with Gasteiger partial charge in [-0.05, 0) is 24.1 Å². The molecule has 0 spiro atoms. The van der Waals surface area contributed by atoms with Crippen LogP contribution in [0.25, 0.3) is 0 Å². The van der Waals surface area contributed by atoms with Crippen molar-refractivity contribution in [3.05, 3.63) is 46.2 Å². The Morgan fingerprint density at radius 2 is 2.00 bits per heavy atom. The number of halogens is 1. The second kappa shape index (κ2) is 6.29. The molecule has 0 aliphatic rings. The molecule has 0 fully saturated rings. The quantitative estimate of drug-likeness (QED) is 0.922. The topological polar surface area (TPSA) is 47.3 Å². The molecule has 2 aromatic rings. The van der Waals surface area contributed by atoms with Gasteiger partial charge in [-0.2, -0.15) is 5.10 Å². The zero-order chi connectivity index (χ0) is 14.7. The molecule has 4 nitrogen and oxygen atoms in total. The molecule has 0 bridgehead atoms. The molecule has 0 aliphatic carbocycles. The van der Waals surface area contributed by atoms with E-state index in [1.807, 2.05) is 38.2 Å². The van der Waals surface area contributed by atoms with Gasteiger partial charge in [0.1, 0.15) is 5.75 Å². The Kier molecular flexibility index (Phi) is 4.68. The minimum absolute atomic E-state index is 0.439. The van der Waals surface area contributed by atoms with Crippen molar-refractivity contribution in [1.29, 1.82) is 0 Å². The fourth-order valence-corrected chi connectivity index (χ4v) is 2.54. The maximum atomic E-state index is 10.3. The summed E-state index contributed by atoms with van der Waals surface area (Å²) in [6.07, 6.45) is 0.610. The Bertz CT molecular complexity index is 578. The van der Waals surface area contributed by atoms with E-state index in [4.69, 9.17) is 16.3 Å². The number of rotatable bonds is 5. The number of methoxy groups -OCH3 is 1. The molecule has 0 amide bonds. The minimum atomic E-state index is -0.612. The van der Waals surface area contributed by atoms with E-state index >= 15 is 0 Å². The van der Waals surface area contributed by atoms with Crippen molar-refractivity contribution in [2.45, 2.75) is 25.9 Å². The van der Waals surface area contributed by atoms with Crippen molar-refractivity contribution >= 4 is 11.6 Å². The highest BCUT2D eigenvalue weighted by atomic mass is 35.5. The summed E-state index contributed by atoms with van der Waals surface area (Å²) in [6, 6.07) is 7.38. The number of hydrogen-bond donors (Lipinski definition) is 1. The Hall–Kier alpha value is -1.52. The van der Waals surface area contributed by atoms with Crippen LogP contribution < -0.4 is 4.74 Å². The van der Waals surface area contributed by atoms with Crippen molar-refractivity contribution in [3.8, 4) is 5.75 Å². The predicted molar refractivity (Wildman–Crippen MR) is 79.3 cm³/mol. The molecule has 5 heteroatoms. The van der Waals surface area contributed by atoms with Crippen LogP contribution in [0.15, 0.2) is 24.3 Å². The third-order valence-corrected chi connectivity index (χ3v) is 3.83. The monoisotopic (exact) mass is 294 g/mol. The van der Waals surface area contributed by atoms with Crippen molar-refractivity contribution in [2.24, 2.45) is 7.05 Å². The second-order valence-electron chi connectivity index (χ2n) is 4.68. The van der Waals surface area contributed by atoms with Crippen LogP contribution >= 0.6 is 11.6 Å². The smallest absolute Gasteiger partial charge is 0.118 e. The predicted octanol–water partition coefficient (Wildman–Crippen LogP) is 2.92. The third-order valence-electron chi connectivity index (χ3n) is 3.39. The zero-order valence-electron chi connectivity index (χ0n) is 11.9. The Morgan fingerprint density at radius 3 is 2.50 bits per heavy atom. The number of nitrogens with zero attached hydrogens (tertiary/aromatic N) is 2. The van der Waals surface area contributed by atoms with Gasteiger partial charge >= 0.3 is 0 Å². The zero-order valence-corrected chi connectivity index (χ0v) is 12.7. The molecule has 1 aromatic carbocycles. The number of hydrogen-bond acceptors (Lipinski definition) is 3. The van der Waals surface area contributed by atoms with Crippen LogP contribution in [-0.2, 0) is 19.9 Å². The van der Waals surface area contributed by atoms with E-state index in [1.54, 1.807) is 11.8 Å². The molecule has 1 atom stereocenters.